The second-order valence-electron chi connectivity index (χ2n) is 5.23. The van der Waals surface area contributed by atoms with E-state index in [1.807, 2.05) is 36.5 Å². The zero-order valence-corrected chi connectivity index (χ0v) is 13.6. The van der Waals surface area contributed by atoms with Gasteiger partial charge in [-0.15, -0.1) is 0 Å². The Hall–Kier alpha value is -2.51. The SMILES string of the molecule is O=S(=O)(NCc1ccccc1Cn1cccn1)c1ccccc1F. The fraction of sp³-hybridized carbons (Fsp3) is 0.118. The average molecular weight is 345 g/mol. The lowest BCUT2D eigenvalue weighted by atomic mass is 10.1. The predicted octanol–water partition coefficient (Wildman–Crippen LogP) is 2.55. The van der Waals surface area contributed by atoms with Crippen LogP contribution in [0.15, 0.2) is 71.9 Å². The Morgan fingerprint density at radius 2 is 1.71 bits per heavy atom. The van der Waals surface area contributed by atoms with E-state index in [0.29, 0.717) is 6.54 Å². The van der Waals surface area contributed by atoms with Gasteiger partial charge in [0.05, 0.1) is 6.54 Å². The van der Waals surface area contributed by atoms with Gasteiger partial charge in [0.1, 0.15) is 10.7 Å². The lowest BCUT2D eigenvalue weighted by molar-refractivity contribution is 0.556. The van der Waals surface area contributed by atoms with Crippen molar-refractivity contribution in [2.75, 3.05) is 0 Å². The zero-order valence-electron chi connectivity index (χ0n) is 12.8. The van der Waals surface area contributed by atoms with Gasteiger partial charge in [0.15, 0.2) is 0 Å². The molecule has 0 amide bonds. The van der Waals surface area contributed by atoms with Crippen LogP contribution in [-0.4, -0.2) is 18.2 Å². The number of benzene rings is 2. The first-order chi connectivity index (χ1) is 11.6. The number of sulfonamides is 1. The summed E-state index contributed by atoms with van der Waals surface area (Å²) >= 11 is 0. The highest BCUT2D eigenvalue weighted by molar-refractivity contribution is 7.89. The van der Waals surface area contributed by atoms with E-state index in [1.165, 1.54) is 18.2 Å². The highest BCUT2D eigenvalue weighted by Gasteiger charge is 2.18. The van der Waals surface area contributed by atoms with Crippen molar-refractivity contribution in [1.82, 2.24) is 14.5 Å². The Bertz CT molecular complexity index is 925. The molecule has 124 valence electrons. The van der Waals surface area contributed by atoms with Crippen molar-refractivity contribution in [3.63, 3.8) is 0 Å². The molecule has 3 aromatic rings. The molecule has 24 heavy (non-hydrogen) atoms. The number of rotatable bonds is 6. The van der Waals surface area contributed by atoms with Crippen molar-refractivity contribution in [3.05, 3.63) is 83.9 Å². The highest BCUT2D eigenvalue weighted by atomic mass is 32.2. The average Bonchev–Trinajstić information content (AvgIpc) is 3.07. The van der Waals surface area contributed by atoms with Crippen molar-refractivity contribution in [3.8, 4) is 0 Å². The van der Waals surface area contributed by atoms with Gasteiger partial charge in [-0.2, -0.15) is 5.10 Å². The molecule has 0 saturated carbocycles. The molecule has 0 aliphatic heterocycles. The smallest absolute Gasteiger partial charge is 0.243 e. The number of aromatic nitrogens is 2. The normalized spacial score (nSPS) is 11.5. The maximum atomic E-state index is 13.7. The maximum Gasteiger partial charge on any atom is 0.243 e. The van der Waals surface area contributed by atoms with Crippen LogP contribution in [0.5, 0.6) is 0 Å². The molecule has 0 atom stereocenters. The molecular weight excluding hydrogens is 329 g/mol. The van der Waals surface area contributed by atoms with Gasteiger partial charge in [-0.3, -0.25) is 4.68 Å². The summed E-state index contributed by atoms with van der Waals surface area (Å²) < 4.78 is 42.5. The molecular formula is C17H16FN3O2S. The van der Waals surface area contributed by atoms with Crippen molar-refractivity contribution >= 4 is 10.0 Å². The second kappa shape index (κ2) is 6.94. The first kappa shape index (κ1) is 16.4. The molecule has 5 nitrogen and oxygen atoms in total. The third-order valence-electron chi connectivity index (χ3n) is 3.59. The monoisotopic (exact) mass is 345 g/mol. The van der Waals surface area contributed by atoms with Crippen LogP contribution in [0.1, 0.15) is 11.1 Å². The Morgan fingerprint density at radius 3 is 2.42 bits per heavy atom. The van der Waals surface area contributed by atoms with Gasteiger partial charge in [-0.05, 0) is 29.3 Å². The second-order valence-corrected chi connectivity index (χ2v) is 6.96. The summed E-state index contributed by atoms with van der Waals surface area (Å²) in [7, 11) is -3.92. The summed E-state index contributed by atoms with van der Waals surface area (Å²) in [6.07, 6.45) is 3.52. The van der Waals surface area contributed by atoms with Crippen molar-refractivity contribution in [1.29, 1.82) is 0 Å². The summed E-state index contributed by atoms with van der Waals surface area (Å²) in [5.74, 6) is -0.769. The van der Waals surface area contributed by atoms with Crippen molar-refractivity contribution < 1.29 is 12.8 Å². The molecule has 0 saturated heterocycles. The number of nitrogens with zero attached hydrogens (tertiary/aromatic N) is 2. The van der Waals surface area contributed by atoms with Gasteiger partial charge in [0.25, 0.3) is 0 Å². The van der Waals surface area contributed by atoms with E-state index in [2.05, 4.69) is 9.82 Å². The fourth-order valence-electron chi connectivity index (χ4n) is 2.37. The quantitative estimate of drug-likeness (QED) is 0.747. The maximum absolute atomic E-state index is 13.7. The molecule has 0 radical (unpaired) electrons. The minimum Gasteiger partial charge on any atom is -0.268 e. The summed E-state index contributed by atoms with van der Waals surface area (Å²) in [5, 5.41) is 4.15. The molecule has 0 bridgehead atoms. The van der Waals surface area contributed by atoms with E-state index < -0.39 is 15.8 Å². The Balaban J connectivity index is 1.79. The van der Waals surface area contributed by atoms with Gasteiger partial charge in [-0.1, -0.05) is 36.4 Å². The van der Waals surface area contributed by atoms with Crippen LogP contribution < -0.4 is 4.72 Å². The number of hydrogen-bond donors (Lipinski definition) is 1. The molecule has 0 unspecified atom stereocenters. The fourth-order valence-corrected chi connectivity index (χ4v) is 3.45. The highest BCUT2D eigenvalue weighted by Crippen LogP contribution is 2.15. The molecule has 1 aromatic heterocycles. The molecule has 0 aliphatic rings. The van der Waals surface area contributed by atoms with E-state index >= 15 is 0 Å². The van der Waals surface area contributed by atoms with E-state index in [4.69, 9.17) is 0 Å². The number of halogens is 1. The lowest BCUT2D eigenvalue weighted by Crippen LogP contribution is -2.25. The van der Waals surface area contributed by atoms with Crippen LogP contribution >= 0.6 is 0 Å². The van der Waals surface area contributed by atoms with Crippen LogP contribution in [-0.2, 0) is 23.1 Å². The van der Waals surface area contributed by atoms with Gasteiger partial charge < -0.3 is 0 Å². The summed E-state index contributed by atoms with van der Waals surface area (Å²) in [6.45, 7) is 0.610. The van der Waals surface area contributed by atoms with Crippen LogP contribution in [0.4, 0.5) is 4.39 Å². The molecule has 0 fully saturated rings. The minimum atomic E-state index is -3.92. The minimum absolute atomic E-state index is 0.0775. The summed E-state index contributed by atoms with van der Waals surface area (Å²) in [5.41, 5.74) is 1.75. The molecule has 2 aromatic carbocycles. The third-order valence-corrected chi connectivity index (χ3v) is 5.02. The van der Waals surface area contributed by atoms with E-state index in [9.17, 15) is 12.8 Å². The first-order valence-electron chi connectivity index (χ1n) is 7.35. The molecule has 1 N–H and O–H groups in total. The Kier molecular flexibility index (Phi) is 4.73. The van der Waals surface area contributed by atoms with Gasteiger partial charge >= 0.3 is 0 Å². The topological polar surface area (TPSA) is 64.0 Å². The van der Waals surface area contributed by atoms with Gasteiger partial charge in [0.2, 0.25) is 10.0 Å². The Labute approximate surface area is 139 Å². The molecule has 0 spiro atoms. The van der Waals surface area contributed by atoms with Crippen molar-refractivity contribution in [2.24, 2.45) is 0 Å². The zero-order chi connectivity index (χ0) is 17.0. The molecule has 0 aliphatic carbocycles. The van der Waals surface area contributed by atoms with Crippen LogP contribution in [0.3, 0.4) is 0 Å². The van der Waals surface area contributed by atoms with Crippen molar-refractivity contribution in [2.45, 2.75) is 18.0 Å². The third kappa shape index (κ3) is 3.69. The van der Waals surface area contributed by atoms with Gasteiger partial charge in [-0.25, -0.2) is 17.5 Å². The number of hydrogen-bond acceptors (Lipinski definition) is 3. The number of nitrogens with one attached hydrogen (secondary N) is 1. The predicted molar refractivity (Wildman–Crippen MR) is 88.2 cm³/mol. The summed E-state index contributed by atoms with van der Waals surface area (Å²) in [4.78, 5) is -0.352. The first-order valence-corrected chi connectivity index (χ1v) is 8.83. The molecule has 7 heteroatoms. The molecule has 1 heterocycles. The van der Waals surface area contributed by atoms with Gasteiger partial charge in [0, 0.05) is 18.9 Å². The van der Waals surface area contributed by atoms with Crippen LogP contribution in [0.2, 0.25) is 0 Å². The van der Waals surface area contributed by atoms with Crippen LogP contribution in [0, 0.1) is 5.82 Å². The van der Waals surface area contributed by atoms with E-state index in [-0.39, 0.29) is 11.4 Å². The standard InChI is InChI=1S/C17H16FN3O2S/c18-16-8-3-4-9-17(16)24(22,23)20-12-14-6-1-2-7-15(14)13-21-11-5-10-19-21/h1-11,20H,12-13H2. The lowest BCUT2D eigenvalue weighted by Gasteiger charge is -2.12. The Morgan fingerprint density at radius 1 is 1.00 bits per heavy atom. The molecule has 3 rings (SSSR count). The summed E-state index contributed by atoms with van der Waals surface area (Å²) in [6, 6.07) is 14.6. The van der Waals surface area contributed by atoms with E-state index in [1.54, 1.807) is 10.9 Å². The van der Waals surface area contributed by atoms with E-state index in [0.717, 1.165) is 17.2 Å². The largest absolute Gasteiger partial charge is 0.268 e. The van der Waals surface area contributed by atoms with Crippen LogP contribution in [0.25, 0.3) is 0 Å².